The Balaban J connectivity index is 2.63. The highest BCUT2D eigenvalue weighted by Crippen LogP contribution is 2.39. The van der Waals surface area contributed by atoms with E-state index in [4.69, 9.17) is 9.47 Å². The Labute approximate surface area is 102 Å². The van der Waals surface area contributed by atoms with E-state index in [1.54, 1.807) is 7.11 Å². The van der Waals surface area contributed by atoms with Crippen molar-refractivity contribution in [3.05, 3.63) is 28.3 Å². The first-order valence-electron chi connectivity index (χ1n) is 5.70. The zero-order valence-electron chi connectivity index (χ0n) is 10.8. The zero-order chi connectivity index (χ0) is 12.6. The average molecular weight is 231 g/mol. The quantitative estimate of drug-likeness (QED) is 0.785. The molecule has 1 aromatic rings. The van der Waals surface area contributed by atoms with Gasteiger partial charge < -0.3 is 9.47 Å². The lowest BCUT2D eigenvalue weighted by atomic mass is 9.75. The van der Waals surface area contributed by atoms with E-state index in [0.717, 1.165) is 28.0 Å². The van der Waals surface area contributed by atoms with E-state index in [9.17, 15) is 5.26 Å². The fraction of sp³-hybridized carbons (Fsp3) is 0.500. The maximum Gasteiger partial charge on any atom is 0.129 e. The maximum absolute atomic E-state index is 9.39. The Morgan fingerprint density at radius 1 is 1.29 bits per heavy atom. The number of aryl methyl sites for hydroxylation is 1. The van der Waals surface area contributed by atoms with Crippen LogP contribution in [0.2, 0.25) is 0 Å². The van der Waals surface area contributed by atoms with Crippen molar-refractivity contribution in [3.63, 3.8) is 0 Å². The van der Waals surface area contributed by atoms with Gasteiger partial charge in [-0.05, 0) is 49.1 Å². The highest BCUT2D eigenvalue weighted by Gasteiger charge is 2.43. The van der Waals surface area contributed by atoms with Crippen LogP contribution in [-0.4, -0.2) is 20.3 Å². The van der Waals surface area contributed by atoms with Crippen molar-refractivity contribution < 1.29 is 9.47 Å². The van der Waals surface area contributed by atoms with Crippen LogP contribution in [0.4, 0.5) is 0 Å². The van der Waals surface area contributed by atoms with Crippen molar-refractivity contribution in [2.45, 2.75) is 26.2 Å². The summed E-state index contributed by atoms with van der Waals surface area (Å²) in [7, 11) is 1.67. The molecular formula is C14H17NO2. The van der Waals surface area contributed by atoms with Crippen LogP contribution in [0.25, 0.3) is 0 Å². The summed E-state index contributed by atoms with van der Waals surface area (Å²) in [6.07, 6.45) is 0. The van der Waals surface area contributed by atoms with Crippen molar-refractivity contribution in [2.75, 3.05) is 20.3 Å². The summed E-state index contributed by atoms with van der Waals surface area (Å²) in [5.41, 5.74) is 4.02. The lowest BCUT2D eigenvalue weighted by molar-refractivity contribution is -0.0304. The Morgan fingerprint density at radius 2 is 1.94 bits per heavy atom. The van der Waals surface area contributed by atoms with Gasteiger partial charge in [-0.1, -0.05) is 0 Å². The number of nitriles is 1. The van der Waals surface area contributed by atoms with Crippen molar-refractivity contribution in [1.29, 1.82) is 5.26 Å². The number of nitrogens with zero attached hydrogens (tertiary/aromatic N) is 1. The molecule has 0 aromatic heterocycles. The van der Waals surface area contributed by atoms with E-state index in [-0.39, 0.29) is 0 Å². The van der Waals surface area contributed by atoms with E-state index < -0.39 is 5.41 Å². The van der Waals surface area contributed by atoms with Gasteiger partial charge in [0.05, 0.1) is 26.4 Å². The van der Waals surface area contributed by atoms with Crippen LogP contribution in [-0.2, 0) is 10.2 Å². The molecule has 0 unspecified atom stereocenters. The number of benzene rings is 1. The number of methoxy groups -OCH3 is 1. The van der Waals surface area contributed by atoms with Gasteiger partial charge in [0, 0.05) is 0 Å². The van der Waals surface area contributed by atoms with Crippen molar-refractivity contribution >= 4 is 0 Å². The molecule has 0 atom stereocenters. The van der Waals surface area contributed by atoms with Crippen LogP contribution in [0.15, 0.2) is 6.07 Å². The lowest BCUT2D eigenvalue weighted by Crippen LogP contribution is -2.46. The van der Waals surface area contributed by atoms with E-state index in [1.807, 2.05) is 19.9 Å². The fourth-order valence-corrected chi connectivity index (χ4v) is 2.56. The van der Waals surface area contributed by atoms with Gasteiger partial charge in [0.1, 0.15) is 11.2 Å². The summed E-state index contributed by atoms with van der Waals surface area (Å²) in [4.78, 5) is 0. The Kier molecular flexibility index (Phi) is 2.84. The van der Waals surface area contributed by atoms with Gasteiger partial charge in [-0.3, -0.25) is 0 Å². The standard InChI is InChI=1S/C14H17NO2/c1-9-5-12(16-4)10(2)11(3)13(9)14(6-15)7-17-8-14/h5H,7-8H2,1-4H3. The third-order valence-corrected chi connectivity index (χ3v) is 3.66. The molecule has 1 fully saturated rings. The van der Waals surface area contributed by atoms with Gasteiger partial charge >= 0.3 is 0 Å². The van der Waals surface area contributed by atoms with Crippen molar-refractivity contribution in [2.24, 2.45) is 0 Å². The number of rotatable bonds is 2. The van der Waals surface area contributed by atoms with Crippen LogP contribution in [0.5, 0.6) is 5.75 Å². The van der Waals surface area contributed by atoms with Crippen LogP contribution in [0.3, 0.4) is 0 Å². The zero-order valence-corrected chi connectivity index (χ0v) is 10.8. The van der Waals surface area contributed by atoms with Gasteiger partial charge in [-0.15, -0.1) is 0 Å². The lowest BCUT2D eigenvalue weighted by Gasteiger charge is -2.38. The van der Waals surface area contributed by atoms with Crippen molar-refractivity contribution in [3.8, 4) is 11.8 Å². The SMILES string of the molecule is COc1cc(C)c(C2(C#N)COC2)c(C)c1C. The molecule has 0 aliphatic carbocycles. The van der Waals surface area contributed by atoms with Gasteiger partial charge in [0.2, 0.25) is 0 Å². The molecule has 1 aliphatic rings. The number of hydrogen-bond acceptors (Lipinski definition) is 3. The summed E-state index contributed by atoms with van der Waals surface area (Å²) in [6, 6.07) is 4.42. The molecule has 0 saturated carbocycles. The monoisotopic (exact) mass is 231 g/mol. The summed E-state index contributed by atoms with van der Waals surface area (Å²) in [6.45, 7) is 7.11. The molecule has 0 radical (unpaired) electrons. The summed E-state index contributed by atoms with van der Waals surface area (Å²) in [5, 5.41) is 9.39. The second kappa shape index (κ2) is 4.05. The smallest absolute Gasteiger partial charge is 0.129 e. The minimum Gasteiger partial charge on any atom is -0.496 e. The van der Waals surface area contributed by atoms with E-state index in [2.05, 4.69) is 13.0 Å². The number of hydrogen-bond donors (Lipinski definition) is 0. The predicted molar refractivity (Wildman–Crippen MR) is 65.3 cm³/mol. The molecule has 0 spiro atoms. The van der Waals surface area contributed by atoms with Crippen LogP contribution >= 0.6 is 0 Å². The molecule has 0 amide bonds. The first kappa shape index (κ1) is 11.9. The Bertz CT molecular complexity index is 496. The maximum atomic E-state index is 9.39. The predicted octanol–water partition coefficient (Wildman–Crippen LogP) is 2.41. The molecule has 3 nitrogen and oxygen atoms in total. The second-order valence-corrected chi connectivity index (χ2v) is 4.71. The molecule has 3 heteroatoms. The van der Waals surface area contributed by atoms with Crippen LogP contribution in [0, 0.1) is 32.1 Å². The highest BCUT2D eigenvalue weighted by atomic mass is 16.5. The van der Waals surface area contributed by atoms with E-state index >= 15 is 0 Å². The molecule has 1 aliphatic heterocycles. The first-order valence-corrected chi connectivity index (χ1v) is 5.70. The highest BCUT2D eigenvalue weighted by molar-refractivity contribution is 5.54. The van der Waals surface area contributed by atoms with Crippen molar-refractivity contribution in [1.82, 2.24) is 0 Å². The molecule has 0 N–H and O–H groups in total. The molecule has 0 bridgehead atoms. The Morgan fingerprint density at radius 3 is 2.35 bits per heavy atom. The third kappa shape index (κ3) is 1.60. The molecule has 2 rings (SSSR count). The third-order valence-electron chi connectivity index (χ3n) is 3.66. The minimum absolute atomic E-state index is 0.453. The molecule has 17 heavy (non-hydrogen) atoms. The molecular weight excluding hydrogens is 214 g/mol. The van der Waals surface area contributed by atoms with E-state index in [1.165, 1.54) is 0 Å². The summed E-state index contributed by atoms with van der Waals surface area (Å²) >= 11 is 0. The number of ether oxygens (including phenoxy) is 2. The molecule has 90 valence electrons. The van der Waals surface area contributed by atoms with Crippen LogP contribution < -0.4 is 4.74 Å². The summed E-state index contributed by atoms with van der Waals surface area (Å²) < 4.78 is 10.6. The van der Waals surface area contributed by atoms with Gasteiger partial charge in [0.15, 0.2) is 0 Å². The molecule has 1 heterocycles. The average Bonchev–Trinajstić information content (AvgIpc) is 2.27. The van der Waals surface area contributed by atoms with Gasteiger partial charge in [-0.25, -0.2) is 0 Å². The van der Waals surface area contributed by atoms with Gasteiger partial charge in [-0.2, -0.15) is 5.26 Å². The summed E-state index contributed by atoms with van der Waals surface area (Å²) in [5.74, 6) is 0.886. The fourth-order valence-electron chi connectivity index (χ4n) is 2.56. The largest absolute Gasteiger partial charge is 0.496 e. The molecule has 1 aromatic carbocycles. The first-order chi connectivity index (χ1) is 8.05. The van der Waals surface area contributed by atoms with Gasteiger partial charge in [0.25, 0.3) is 0 Å². The van der Waals surface area contributed by atoms with Crippen LogP contribution in [0.1, 0.15) is 22.3 Å². The topological polar surface area (TPSA) is 42.2 Å². The second-order valence-electron chi connectivity index (χ2n) is 4.71. The normalized spacial score (nSPS) is 17.1. The minimum atomic E-state index is -0.453. The Hall–Kier alpha value is -1.53. The molecule has 1 saturated heterocycles. The van der Waals surface area contributed by atoms with E-state index in [0.29, 0.717) is 13.2 Å².